The number of hydrogen-bond donors (Lipinski definition) is 1. The normalized spacial score (nSPS) is 12.0. The van der Waals surface area contributed by atoms with E-state index in [-0.39, 0.29) is 5.91 Å². The summed E-state index contributed by atoms with van der Waals surface area (Å²) in [5, 5.41) is 2.59. The molecule has 0 aliphatic carbocycles. The van der Waals surface area contributed by atoms with Gasteiger partial charge in [-0.25, -0.2) is 13.8 Å². The number of pyridine rings is 1. The zero-order valence-electron chi connectivity index (χ0n) is 10.9. The van der Waals surface area contributed by atoms with Crippen LogP contribution >= 0.6 is 23.4 Å². The number of halogens is 3. The molecular formula is C14H11ClF2N2OS. The molecule has 1 heterocycles. The average Bonchev–Trinajstić information content (AvgIpc) is 2.45. The van der Waals surface area contributed by atoms with Gasteiger partial charge in [0, 0.05) is 11.1 Å². The topological polar surface area (TPSA) is 42.0 Å². The third kappa shape index (κ3) is 4.41. The number of benzene rings is 1. The van der Waals surface area contributed by atoms with E-state index in [2.05, 4.69) is 10.3 Å². The first-order valence-electron chi connectivity index (χ1n) is 6.00. The molecule has 1 N–H and O–H groups in total. The summed E-state index contributed by atoms with van der Waals surface area (Å²) in [6.45, 7) is 1.66. The van der Waals surface area contributed by atoms with Crippen molar-refractivity contribution in [3.63, 3.8) is 0 Å². The van der Waals surface area contributed by atoms with E-state index < -0.39 is 16.9 Å². The number of rotatable bonds is 4. The summed E-state index contributed by atoms with van der Waals surface area (Å²) in [5.41, 5.74) is 0. The van der Waals surface area contributed by atoms with E-state index in [4.69, 9.17) is 11.6 Å². The predicted molar refractivity (Wildman–Crippen MR) is 79.6 cm³/mol. The molecule has 1 amide bonds. The number of hydrogen-bond acceptors (Lipinski definition) is 3. The van der Waals surface area contributed by atoms with Crippen LogP contribution in [0.25, 0.3) is 0 Å². The number of amides is 1. The maximum Gasteiger partial charge on any atom is 0.238 e. The van der Waals surface area contributed by atoms with Crippen molar-refractivity contribution in [2.75, 3.05) is 5.32 Å². The third-order valence-electron chi connectivity index (χ3n) is 2.55. The number of carbonyl (C=O) groups excluding carboxylic acids is 1. The Morgan fingerprint density at radius 1 is 1.29 bits per heavy atom. The highest BCUT2D eigenvalue weighted by atomic mass is 35.5. The third-order valence-corrected chi connectivity index (χ3v) is 3.87. The Morgan fingerprint density at radius 3 is 2.67 bits per heavy atom. The first kappa shape index (κ1) is 15.7. The van der Waals surface area contributed by atoms with Gasteiger partial charge in [0.25, 0.3) is 0 Å². The van der Waals surface area contributed by atoms with Gasteiger partial charge in [-0.3, -0.25) is 4.79 Å². The van der Waals surface area contributed by atoms with Crippen LogP contribution in [0.5, 0.6) is 0 Å². The second kappa shape index (κ2) is 6.87. The summed E-state index contributed by atoms with van der Waals surface area (Å²) < 4.78 is 25.9. The lowest BCUT2D eigenvalue weighted by Crippen LogP contribution is -2.22. The fourth-order valence-corrected chi connectivity index (χ4v) is 2.49. The van der Waals surface area contributed by atoms with Gasteiger partial charge in [0.15, 0.2) is 11.6 Å². The van der Waals surface area contributed by atoms with Crippen LogP contribution in [-0.2, 0) is 4.79 Å². The van der Waals surface area contributed by atoms with Crippen molar-refractivity contribution in [2.45, 2.75) is 17.1 Å². The molecule has 2 aromatic rings. The second-order valence-electron chi connectivity index (χ2n) is 4.19. The lowest BCUT2D eigenvalue weighted by atomic mass is 10.3. The van der Waals surface area contributed by atoms with E-state index in [1.54, 1.807) is 19.1 Å². The number of anilines is 1. The van der Waals surface area contributed by atoms with Crippen LogP contribution < -0.4 is 5.32 Å². The van der Waals surface area contributed by atoms with E-state index in [1.165, 1.54) is 12.3 Å². The first-order valence-corrected chi connectivity index (χ1v) is 7.25. The van der Waals surface area contributed by atoms with Gasteiger partial charge in [-0.2, -0.15) is 0 Å². The molecule has 0 aliphatic heterocycles. The Labute approximate surface area is 129 Å². The lowest BCUT2D eigenvalue weighted by Gasteiger charge is -2.11. The van der Waals surface area contributed by atoms with Crippen molar-refractivity contribution in [3.8, 4) is 0 Å². The minimum atomic E-state index is -0.938. The van der Waals surface area contributed by atoms with Crippen molar-refractivity contribution in [2.24, 2.45) is 0 Å². The minimum absolute atomic E-state index is 0.292. The maximum atomic E-state index is 13.1. The monoisotopic (exact) mass is 328 g/mol. The summed E-state index contributed by atoms with van der Waals surface area (Å²) in [5.74, 6) is -1.77. The average molecular weight is 329 g/mol. The van der Waals surface area contributed by atoms with Gasteiger partial charge in [0.1, 0.15) is 5.82 Å². The fraction of sp³-hybridized carbons (Fsp3) is 0.143. The quantitative estimate of drug-likeness (QED) is 0.858. The van der Waals surface area contributed by atoms with E-state index in [0.717, 1.165) is 23.9 Å². The van der Waals surface area contributed by atoms with Crippen LogP contribution in [0.15, 0.2) is 41.4 Å². The van der Waals surface area contributed by atoms with Crippen LogP contribution in [0.1, 0.15) is 6.92 Å². The number of nitrogens with zero attached hydrogens (tertiary/aromatic N) is 1. The molecule has 1 aromatic heterocycles. The Morgan fingerprint density at radius 2 is 2.05 bits per heavy atom. The number of carbonyl (C=O) groups is 1. The van der Waals surface area contributed by atoms with Crippen LogP contribution in [0.4, 0.5) is 14.6 Å². The standard InChI is InChI=1S/C14H11ClF2N2OS/c1-8(21-10-3-4-11(16)12(17)6-10)14(20)19-13-5-2-9(15)7-18-13/h2-8H,1H3,(H,18,19,20)/t8-/m0/s1. The van der Waals surface area contributed by atoms with Gasteiger partial charge < -0.3 is 5.32 Å². The molecule has 1 aromatic carbocycles. The van der Waals surface area contributed by atoms with E-state index in [9.17, 15) is 13.6 Å². The van der Waals surface area contributed by atoms with Gasteiger partial charge >= 0.3 is 0 Å². The van der Waals surface area contributed by atoms with Gasteiger partial charge in [-0.05, 0) is 37.3 Å². The predicted octanol–water partition coefficient (Wildman–Crippen LogP) is 4.13. The van der Waals surface area contributed by atoms with Crippen LogP contribution in [-0.4, -0.2) is 16.1 Å². The molecule has 0 spiro atoms. The van der Waals surface area contributed by atoms with Crippen LogP contribution in [0, 0.1) is 11.6 Å². The Bertz CT molecular complexity index is 652. The lowest BCUT2D eigenvalue weighted by molar-refractivity contribution is -0.115. The van der Waals surface area contributed by atoms with Gasteiger partial charge in [0.05, 0.1) is 10.3 Å². The molecule has 0 unspecified atom stereocenters. The molecule has 1 atom stereocenters. The van der Waals surface area contributed by atoms with Crippen molar-refractivity contribution < 1.29 is 13.6 Å². The second-order valence-corrected chi connectivity index (χ2v) is 6.04. The molecule has 21 heavy (non-hydrogen) atoms. The zero-order chi connectivity index (χ0) is 15.4. The van der Waals surface area contributed by atoms with Crippen molar-refractivity contribution >= 4 is 35.1 Å². The zero-order valence-corrected chi connectivity index (χ0v) is 12.5. The molecule has 0 saturated carbocycles. The molecular weight excluding hydrogens is 318 g/mol. The van der Waals surface area contributed by atoms with E-state index >= 15 is 0 Å². The molecule has 3 nitrogen and oxygen atoms in total. The van der Waals surface area contributed by atoms with Gasteiger partial charge in [-0.1, -0.05) is 11.6 Å². The number of thioether (sulfide) groups is 1. The SMILES string of the molecule is C[C@H](Sc1ccc(F)c(F)c1)C(=O)Nc1ccc(Cl)cn1. The number of aromatic nitrogens is 1. The summed E-state index contributed by atoms with van der Waals surface area (Å²) in [6.07, 6.45) is 1.42. The number of nitrogens with one attached hydrogen (secondary N) is 1. The van der Waals surface area contributed by atoms with Crippen molar-refractivity contribution in [3.05, 3.63) is 53.2 Å². The molecule has 7 heteroatoms. The van der Waals surface area contributed by atoms with Gasteiger partial charge in [-0.15, -0.1) is 11.8 Å². The smallest absolute Gasteiger partial charge is 0.238 e. The summed E-state index contributed by atoms with van der Waals surface area (Å²) in [6, 6.07) is 6.70. The van der Waals surface area contributed by atoms with E-state index in [1.807, 2.05) is 0 Å². The largest absolute Gasteiger partial charge is 0.310 e. The minimum Gasteiger partial charge on any atom is -0.310 e. The Balaban J connectivity index is 1.98. The molecule has 2 rings (SSSR count). The molecule has 110 valence electrons. The Hall–Kier alpha value is -1.66. The molecule has 0 saturated heterocycles. The fourth-order valence-electron chi connectivity index (χ4n) is 1.49. The van der Waals surface area contributed by atoms with Crippen LogP contribution in [0.3, 0.4) is 0 Å². The maximum absolute atomic E-state index is 13.1. The van der Waals surface area contributed by atoms with Crippen molar-refractivity contribution in [1.29, 1.82) is 0 Å². The molecule has 0 fully saturated rings. The first-order chi connectivity index (χ1) is 9.95. The molecule has 0 aliphatic rings. The highest BCUT2D eigenvalue weighted by molar-refractivity contribution is 8.00. The Kier molecular flexibility index (Phi) is 5.14. The van der Waals surface area contributed by atoms with E-state index in [0.29, 0.717) is 15.7 Å². The van der Waals surface area contributed by atoms with Crippen molar-refractivity contribution in [1.82, 2.24) is 4.98 Å². The summed E-state index contributed by atoms with van der Waals surface area (Å²) in [4.78, 5) is 16.4. The molecule has 0 bridgehead atoms. The summed E-state index contributed by atoms with van der Waals surface area (Å²) >= 11 is 6.82. The molecule has 0 radical (unpaired) electrons. The van der Waals surface area contributed by atoms with Gasteiger partial charge in [0.2, 0.25) is 5.91 Å². The highest BCUT2D eigenvalue weighted by Crippen LogP contribution is 2.25. The van der Waals surface area contributed by atoms with Crippen LogP contribution in [0.2, 0.25) is 5.02 Å². The summed E-state index contributed by atoms with van der Waals surface area (Å²) in [7, 11) is 0. The highest BCUT2D eigenvalue weighted by Gasteiger charge is 2.16.